The van der Waals surface area contributed by atoms with Crippen LogP contribution in [0.25, 0.3) is 27.8 Å². The van der Waals surface area contributed by atoms with Gasteiger partial charge < -0.3 is 0 Å². The first-order chi connectivity index (χ1) is 9.78. The molecule has 0 unspecified atom stereocenters. The number of hydrogen-bond donors (Lipinski definition) is 1. The summed E-state index contributed by atoms with van der Waals surface area (Å²) in [6.07, 6.45) is 1.63. The molecule has 0 aliphatic rings. The average Bonchev–Trinajstić information content (AvgIpc) is 2.84. The van der Waals surface area contributed by atoms with Crippen LogP contribution in [-0.2, 0) is 0 Å². The van der Waals surface area contributed by atoms with Crippen molar-refractivity contribution in [2.45, 2.75) is 0 Å². The second-order valence-corrected chi connectivity index (χ2v) is 4.41. The summed E-state index contributed by atoms with van der Waals surface area (Å²) in [7, 11) is 0. The molecule has 1 aromatic carbocycles. The molecule has 94 valence electrons. The van der Waals surface area contributed by atoms with Crippen LogP contribution in [0.5, 0.6) is 0 Å². The number of imidazole rings is 1. The number of H-pyrrole nitrogens is 1. The number of hydrogen-bond acceptors (Lipinski definition) is 4. The lowest BCUT2D eigenvalue weighted by Gasteiger charge is -2.01. The maximum atomic E-state index is 12.0. The van der Waals surface area contributed by atoms with E-state index in [4.69, 9.17) is 5.26 Å². The lowest BCUT2D eigenvalue weighted by molar-refractivity contribution is 1.12. The number of nitrogens with one attached hydrogen (secondary N) is 1. The van der Waals surface area contributed by atoms with Gasteiger partial charge >= 0.3 is 0 Å². The van der Waals surface area contributed by atoms with Gasteiger partial charge in [-0.25, -0.2) is 9.97 Å². The predicted molar refractivity (Wildman–Crippen MR) is 73.3 cm³/mol. The Morgan fingerprint density at radius 1 is 1.30 bits per heavy atom. The Hall–Kier alpha value is -3.20. The van der Waals surface area contributed by atoms with Gasteiger partial charge in [0, 0.05) is 6.20 Å². The zero-order chi connectivity index (χ0) is 13.7. The molecule has 4 aromatic rings. The zero-order valence-electron chi connectivity index (χ0n) is 10.2. The highest BCUT2D eigenvalue weighted by Gasteiger charge is 2.11. The number of aromatic amines is 1. The van der Waals surface area contributed by atoms with Crippen molar-refractivity contribution in [3.63, 3.8) is 0 Å². The molecule has 0 saturated carbocycles. The number of rotatable bonds is 0. The van der Waals surface area contributed by atoms with E-state index in [1.165, 1.54) is 0 Å². The van der Waals surface area contributed by atoms with Gasteiger partial charge in [0.25, 0.3) is 5.56 Å². The molecule has 6 nitrogen and oxygen atoms in total. The molecule has 6 heteroatoms. The Labute approximate surface area is 111 Å². The van der Waals surface area contributed by atoms with Gasteiger partial charge in [-0.15, -0.1) is 0 Å². The van der Waals surface area contributed by atoms with E-state index in [0.29, 0.717) is 27.9 Å². The van der Waals surface area contributed by atoms with E-state index in [-0.39, 0.29) is 5.56 Å². The molecule has 0 atom stereocenters. The molecule has 0 fully saturated rings. The molecule has 1 N–H and O–H groups in total. The fourth-order valence-corrected chi connectivity index (χ4v) is 2.36. The van der Waals surface area contributed by atoms with Crippen molar-refractivity contribution in [3.8, 4) is 6.07 Å². The third-order valence-electron chi connectivity index (χ3n) is 3.25. The van der Waals surface area contributed by atoms with E-state index < -0.39 is 0 Å². The fraction of sp³-hybridized carbons (Fsp3) is 0. The largest absolute Gasteiger partial charge is 0.291 e. The van der Waals surface area contributed by atoms with Gasteiger partial charge in [-0.3, -0.25) is 14.2 Å². The number of benzene rings is 1. The number of nitrogens with zero attached hydrogens (tertiary/aromatic N) is 4. The normalized spacial score (nSPS) is 11.2. The molecule has 4 rings (SSSR count). The first-order valence-corrected chi connectivity index (χ1v) is 5.97. The predicted octanol–water partition coefficient (Wildman–Crippen LogP) is 1.60. The van der Waals surface area contributed by atoms with E-state index in [0.717, 1.165) is 5.52 Å². The van der Waals surface area contributed by atoms with Crippen LogP contribution in [0.15, 0.2) is 41.3 Å². The monoisotopic (exact) mass is 261 g/mol. The average molecular weight is 261 g/mol. The van der Waals surface area contributed by atoms with Crippen molar-refractivity contribution in [2.75, 3.05) is 0 Å². The van der Waals surface area contributed by atoms with Crippen LogP contribution >= 0.6 is 0 Å². The van der Waals surface area contributed by atoms with Gasteiger partial charge in [-0.2, -0.15) is 5.26 Å². The summed E-state index contributed by atoms with van der Waals surface area (Å²) in [5.74, 6) is 0.422. The van der Waals surface area contributed by atoms with E-state index >= 15 is 0 Å². The van der Waals surface area contributed by atoms with Gasteiger partial charge in [0.1, 0.15) is 0 Å². The summed E-state index contributed by atoms with van der Waals surface area (Å²) in [4.78, 5) is 23.4. The third kappa shape index (κ3) is 1.29. The quantitative estimate of drug-likeness (QED) is 0.520. The maximum Gasteiger partial charge on any atom is 0.261 e. The van der Waals surface area contributed by atoms with E-state index in [1.54, 1.807) is 40.9 Å². The third-order valence-corrected chi connectivity index (χ3v) is 3.25. The first kappa shape index (κ1) is 10.7. The molecule has 3 aromatic heterocycles. The second kappa shape index (κ2) is 3.65. The summed E-state index contributed by atoms with van der Waals surface area (Å²) in [5.41, 5.74) is 2.30. The fourth-order valence-electron chi connectivity index (χ4n) is 2.36. The smallest absolute Gasteiger partial charge is 0.261 e. The number of fused-ring (bicyclic) bond motifs is 5. The topological polar surface area (TPSA) is 86.8 Å². The van der Waals surface area contributed by atoms with Gasteiger partial charge in [0.2, 0.25) is 5.78 Å². The first-order valence-electron chi connectivity index (χ1n) is 5.97. The molecular weight excluding hydrogens is 254 g/mol. The number of nitriles is 1. The van der Waals surface area contributed by atoms with Crippen LogP contribution in [0.2, 0.25) is 0 Å². The van der Waals surface area contributed by atoms with E-state index in [9.17, 15) is 4.79 Å². The minimum absolute atomic E-state index is 0.226. The van der Waals surface area contributed by atoms with Crippen molar-refractivity contribution in [3.05, 3.63) is 52.4 Å². The highest BCUT2D eigenvalue weighted by molar-refractivity contribution is 5.87. The van der Waals surface area contributed by atoms with Gasteiger partial charge in [-0.1, -0.05) is 0 Å². The van der Waals surface area contributed by atoms with Crippen molar-refractivity contribution in [2.24, 2.45) is 0 Å². The Balaban J connectivity index is 2.36. The summed E-state index contributed by atoms with van der Waals surface area (Å²) >= 11 is 0. The van der Waals surface area contributed by atoms with Crippen LogP contribution in [0.3, 0.4) is 0 Å². The summed E-state index contributed by atoms with van der Waals surface area (Å²) < 4.78 is 1.76. The molecule has 0 spiro atoms. The molecule has 0 radical (unpaired) electrons. The van der Waals surface area contributed by atoms with Crippen LogP contribution in [0, 0.1) is 11.3 Å². The Morgan fingerprint density at radius 2 is 2.20 bits per heavy atom. The molecule has 0 aliphatic carbocycles. The molecule has 0 amide bonds. The Morgan fingerprint density at radius 3 is 3.05 bits per heavy atom. The van der Waals surface area contributed by atoms with Crippen LogP contribution in [0.1, 0.15) is 5.56 Å². The highest BCUT2D eigenvalue weighted by Crippen LogP contribution is 2.19. The van der Waals surface area contributed by atoms with Crippen molar-refractivity contribution in [1.29, 1.82) is 5.26 Å². The summed E-state index contributed by atoms with van der Waals surface area (Å²) in [6, 6.07) is 10.7. The van der Waals surface area contributed by atoms with E-state index in [1.807, 2.05) is 0 Å². The van der Waals surface area contributed by atoms with Crippen molar-refractivity contribution in [1.82, 2.24) is 19.4 Å². The maximum absolute atomic E-state index is 12.0. The second-order valence-electron chi connectivity index (χ2n) is 4.41. The molecule has 0 aliphatic heterocycles. The van der Waals surface area contributed by atoms with Crippen molar-refractivity contribution < 1.29 is 0 Å². The van der Waals surface area contributed by atoms with Gasteiger partial charge in [0.15, 0.2) is 5.65 Å². The molecule has 0 bridgehead atoms. The summed E-state index contributed by atoms with van der Waals surface area (Å²) in [6.45, 7) is 0. The Bertz CT molecular complexity index is 1080. The molecule has 0 saturated heterocycles. The molecule has 20 heavy (non-hydrogen) atoms. The van der Waals surface area contributed by atoms with Crippen LogP contribution in [-0.4, -0.2) is 19.4 Å². The van der Waals surface area contributed by atoms with Crippen LogP contribution < -0.4 is 5.56 Å². The van der Waals surface area contributed by atoms with Crippen molar-refractivity contribution >= 4 is 27.8 Å². The van der Waals surface area contributed by atoms with Crippen LogP contribution in [0.4, 0.5) is 0 Å². The Kier molecular flexibility index (Phi) is 1.95. The zero-order valence-corrected chi connectivity index (χ0v) is 10.2. The minimum atomic E-state index is -0.226. The SMILES string of the molecule is N#Cc1ccc2nc3[nH]c(=O)c4cccnc4n3c2c1. The van der Waals surface area contributed by atoms with Gasteiger partial charge in [-0.05, 0) is 30.3 Å². The standard InChI is InChI=1S/C14H7N5O/c15-7-8-3-4-10-11(6-8)19-12-9(2-1-5-16-12)13(20)18-14(19)17-10/h1-6H,(H,17,18,20). The molecular formula is C14H7N5O. The van der Waals surface area contributed by atoms with Gasteiger partial charge in [0.05, 0.1) is 28.1 Å². The summed E-state index contributed by atoms with van der Waals surface area (Å²) in [5, 5.41) is 9.50. The highest BCUT2D eigenvalue weighted by atomic mass is 16.1. The number of aromatic nitrogens is 4. The molecule has 3 heterocycles. The number of pyridine rings is 1. The lowest BCUT2D eigenvalue weighted by atomic mass is 10.2. The lowest BCUT2D eigenvalue weighted by Crippen LogP contribution is -2.10. The minimum Gasteiger partial charge on any atom is -0.291 e. The van der Waals surface area contributed by atoms with E-state index in [2.05, 4.69) is 21.0 Å².